The van der Waals surface area contributed by atoms with E-state index in [1.165, 1.54) is 12.1 Å². The van der Waals surface area contributed by atoms with Crippen LogP contribution in [-0.2, 0) is 0 Å². The fraction of sp³-hybridized carbons (Fsp3) is 0. The zero-order chi connectivity index (χ0) is 12.4. The molecule has 0 fully saturated rings. The molecule has 0 aliphatic heterocycles. The van der Waals surface area contributed by atoms with Gasteiger partial charge < -0.3 is 9.52 Å². The van der Waals surface area contributed by atoms with E-state index in [0.717, 1.165) is 4.47 Å². The molecule has 1 aromatic carbocycles. The molecule has 5 heteroatoms. The second kappa shape index (κ2) is 4.55. The maximum atomic E-state index is 11.0. The predicted molar refractivity (Wildman–Crippen MR) is 65.1 cm³/mol. The first-order valence-electron chi connectivity index (χ1n) is 4.71. The van der Waals surface area contributed by atoms with Gasteiger partial charge in [-0.3, -0.25) is 0 Å². The summed E-state index contributed by atoms with van der Waals surface area (Å²) in [6, 6.07) is 9.69. The summed E-state index contributed by atoms with van der Waals surface area (Å²) in [5.41, 5.74) is 0.377. The molecule has 0 amide bonds. The van der Waals surface area contributed by atoms with Crippen LogP contribution in [0.2, 0.25) is 0 Å². The molecule has 17 heavy (non-hydrogen) atoms. The zero-order valence-corrected chi connectivity index (χ0v) is 10.1. The van der Waals surface area contributed by atoms with Gasteiger partial charge in [-0.2, -0.15) is 0 Å². The fourth-order valence-corrected chi connectivity index (χ4v) is 1.70. The van der Waals surface area contributed by atoms with Crippen molar-refractivity contribution in [2.45, 2.75) is 0 Å². The molecule has 1 aromatic heterocycles. The third kappa shape index (κ3) is 2.45. The summed E-state index contributed by atoms with van der Waals surface area (Å²) in [5, 5.41) is 8.96. The van der Waals surface area contributed by atoms with E-state index in [4.69, 9.17) is 5.11 Å². The maximum Gasteiger partial charge on any atom is 0.372 e. The number of hydrogen-bond donors (Lipinski definition) is 1. The predicted octanol–water partition coefficient (Wildman–Crippen LogP) is 2.77. The van der Waals surface area contributed by atoms with Gasteiger partial charge in [0.05, 0.1) is 0 Å². The van der Waals surface area contributed by atoms with Crippen LogP contribution in [0.4, 0.5) is 0 Å². The van der Waals surface area contributed by atoms with Gasteiger partial charge in [-0.15, -0.1) is 0 Å². The van der Waals surface area contributed by atoms with Crippen molar-refractivity contribution in [2.24, 2.45) is 0 Å². The van der Waals surface area contributed by atoms with Crippen LogP contribution in [0.1, 0.15) is 10.6 Å². The van der Waals surface area contributed by atoms with E-state index in [1.54, 1.807) is 24.3 Å². The monoisotopic (exact) mass is 294 g/mol. The molecular formula is C12H7BrO4. The molecule has 86 valence electrons. The molecule has 0 saturated heterocycles. The molecule has 0 radical (unpaired) electrons. The van der Waals surface area contributed by atoms with Crippen molar-refractivity contribution in [2.75, 3.05) is 0 Å². The maximum absolute atomic E-state index is 11.0. The summed E-state index contributed by atoms with van der Waals surface area (Å²) in [4.78, 5) is 22.0. The topological polar surface area (TPSA) is 67.5 Å². The Bertz CT molecular complexity index is 613. The quantitative estimate of drug-likeness (QED) is 0.925. The molecule has 0 saturated carbocycles. The molecule has 1 N–H and O–H groups in total. The van der Waals surface area contributed by atoms with Crippen molar-refractivity contribution in [1.82, 2.24) is 0 Å². The van der Waals surface area contributed by atoms with Gasteiger partial charge in [-0.05, 0) is 23.8 Å². The smallest absolute Gasteiger partial charge is 0.372 e. The van der Waals surface area contributed by atoms with Crippen molar-refractivity contribution in [1.29, 1.82) is 0 Å². The molecule has 1 heterocycles. The number of carbonyl (C=O) groups is 1. The molecule has 4 nitrogen and oxygen atoms in total. The third-order valence-corrected chi connectivity index (χ3v) is 2.71. The average molecular weight is 295 g/mol. The second-order valence-electron chi connectivity index (χ2n) is 3.31. The molecule has 0 bridgehead atoms. The standard InChI is InChI=1S/C12H7BrO4/c13-8-3-1-7(2-4-8)9-5-6-10(14)17-11(9)12(15)16/h1-6H,(H,15,16). The molecule has 2 aromatic rings. The number of hydrogen-bond acceptors (Lipinski definition) is 3. The molecule has 0 unspecified atom stereocenters. The Labute approximate surface area is 105 Å². The van der Waals surface area contributed by atoms with E-state index in [9.17, 15) is 9.59 Å². The Kier molecular flexibility index (Phi) is 3.10. The van der Waals surface area contributed by atoms with Crippen LogP contribution >= 0.6 is 15.9 Å². The molecule has 0 aliphatic carbocycles. The van der Waals surface area contributed by atoms with Crippen molar-refractivity contribution >= 4 is 21.9 Å². The van der Waals surface area contributed by atoms with E-state index in [-0.39, 0.29) is 5.76 Å². The number of benzene rings is 1. The second-order valence-corrected chi connectivity index (χ2v) is 4.22. The lowest BCUT2D eigenvalue weighted by atomic mass is 10.1. The van der Waals surface area contributed by atoms with Gasteiger partial charge in [0.25, 0.3) is 0 Å². The Hall–Kier alpha value is -1.88. The lowest BCUT2D eigenvalue weighted by Gasteiger charge is -2.04. The minimum atomic E-state index is -1.26. The lowest BCUT2D eigenvalue weighted by Crippen LogP contribution is -2.06. The van der Waals surface area contributed by atoms with Crippen LogP contribution in [0.15, 0.2) is 50.1 Å². The first-order chi connectivity index (χ1) is 8.08. The molecule has 0 atom stereocenters. The first-order valence-corrected chi connectivity index (χ1v) is 5.50. The van der Waals surface area contributed by atoms with Crippen LogP contribution < -0.4 is 5.63 Å². The summed E-state index contributed by atoms with van der Waals surface area (Å²) in [7, 11) is 0. The summed E-state index contributed by atoms with van der Waals surface area (Å²) in [6.07, 6.45) is 0. The molecule has 0 spiro atoms. The normalized spacial score (nSPS) is 10.2. The van der Waals surface area contributed by atoms with Crippen molar-refractivity contribution in [3.8, 4) is 11.1 Å². The Balaban J connectivity index is 2.62. The molecule has 0 aliphatic rings. The van der Waals surface area contributed by atoms with E-state index in [0.29, 0.717) is 11.1 Å². The lowest BCUT2D eigenvalue weighted by molar-refractivity contribution is 0.0658. The van der Waals surface area contributed by atoms with Crippen LogP contribution in [0.25, 0.3) is 11.1 Å². The highest BCUT2D eigenvalue weighted by molar-refractivity contribution is 9.10. The van der Waals surface area contributed by atoms with Crippen LogP contribution in [0, 0.1) is 0 Å². The minimum absolute atomic E-state index is 0.347. The SMILES string of the molecule is O=C(O)c1oc(=O)ccc1-c1ccc(Br)cc1. The van der Waals surface area contributed by atoms with Gasteiger partial charge in [0.15, 0.2) is 0 Å². The highest BCUT2D eigenvalue weighted by Gasteiger charge is 2.15. The largest absolute Gasteiger partial charge is 0.475 e. The van der Waals surface area contributed by atoms with Crippen molar-refractivity contribution in [3.63, 3.8) is 0 Å². The Morgan fingerprint density at radius 1 is 1.12 bits per heavy atom. The Morgan fingerprint density at radius 3 is 2.35 bits per heavy atom. The van der Waals surface area contributed by atoms with Crippen molar-refractivity contribution in [3.05, 3.63) is 57.1 Å². The number of carboxylic acids is 1. The van der Waals surface area contributed by atoms with Gasteiger partial charge >= 0.3 is 11.6 Å². The summed E-state index contributed by atoms with van der Waals surface area (Å²) in [6.45, 7) is 0. The van der Waals surface area contributed by atoms with Gasteiger partial charge in [0, 0.05) is 16.1 Å². The highest BCUT2D eigenvalue weighted by Crippen LogP contribution is 2.24. The van der Waals surface area contributed by atoms with Crippen LogP contribution in [-0.4, -0.2) is 11.1 Å². The van der Waals surface area contributed by atoms with E-state index in [2.05, 4.69) is 20.3 Å². The van der Waals surface area contributed by atoms with Gasteiger partial charge in [0.2, 0.25) is 5.76 Å². The number of rotatable bonds is 2. The number of halogens is 1. The first kappa shape index (κ1) is 11.6. The summed E-state index contributed by atoms with van der Waals surface area (Å²) < 4.78 is 5.57. The van der Waals surface area contributed by atoms with Crippen LogP contribution in [0.3, 0.4) is 0 Å². The Morgan fingerprint density at radius 2 is 1.76 bits per heavy atom. The van der Waals surface area contributed by atoms with Gasteiger partial charge in [-0.1, -0.05) is 28.1 Å². The average Bonchev–Trinajstić information content (AvgIpc) is 2.30. The van der Waals surface area contributed by atoms with Crippen molar-refractivity contribution < 1.29 is 14.3 Å². The third-order valence-electron chi connectivity index (χ3n) is 2.18. The molecule has 2 rings (SSSR count). The zero-order valence-electron chi connectivity index (χ0n) is 8.51. The van der Waals surface area contributed by atoms with Gasteiger partial charge in [-0.25, -0.2) is 9.59 Å². The van der Waals surface area contributed by atoms with Gasteiger partial charge in [0.1, 0.15) is 0 Å². The summed E-state index contributed by atoms with van der Waals surface area (Å²) in [5.74, 6) is -1.61. The molecular weight excluding hydrogens is 288 g/mol. The van der Waals surface area contributed by atoms with Crippen LogP contribution in [0.5, 0.6) is 0 Å². The number of carboxylic acid groups (broad SMARTS) is 1. The van der Waals surface area contributed by atoms with E-state index in [1.807, 2.05) is 0 Å². The summed E-state index contributed by atoms with van der Waals surface area (Å²) >= 11 is 3.29. The van der Waals surface area contributed by atoms with E-state index < -0.39 is 11.6 Å². The van der Waals surface area contributed by atoms with E-state index >= 15 is 0 Å². The minimum Gasteiger partial charge on any atom is -0.475 e. The fourth-order valence-electron chi connectivity index (χ4n) is 1.43. The number of aromatic carboxylic acids is 1. The highest BCUT2D eigenvalue weighted by atomic mass is 79.9.